The summed E-state index contributed by atoms with van der Waals surface area (Å²) in [6, 6.07) is -0.252. The predicted molar refractivity (Wildman–Crippen MR) is 148 cm³/mol. The van der Waals surface area contributed by atoms with E-state index in [2.05, 4.69) is 5.32 Å². The lowest BCUT2D eigenvalue weighted by atomic mass is 9.98. The van der Waals surface area contributed by atoms with Crippen molar-refractivity contribution in [3.8, 4) is 0 Å². The number of fused-ring (bicyclic) bond motifs is 3. The van der Waals surface area contributed by atoms with E-state index in [9.17, 15) is 14.4 Å². The number of carbonyl (C=O) groups excluding carboxylic acids is 2. The Labute approximate surface area is 226 Å². The Morgan fingerprint density at radius 2 is 1.87 bits per heavy atom. The first-order chi connectivity index (χ1) is 17.9. The van der Waals surface area contributed by atoms with Crippen LogP contribution in [-0.4, -0.2) is 58.6 Å². The molecule has 2 aromatic rings. The number of esters is 1. The van der Waals surface area contributed by atoms with Crippen LogP contribution >= 0.6 is 11.8 Å². The van der Waals surface area contributed by atoms with E-state index in [-0.39, 0.29) is 52.6 Å². The Morgan fingerprint density at radius 1 is 1.21 bits per heavy atom. The zero-order valence-electron chi connectivity index (χ0n) is 22.9. The van der Waals surface area contributed by atoms with Crippen molar-refractivity contribution in [3.05, 3.63) is 27.2 Å². The van der Waals surface area contributed by atoms with Crippen LogP contribution in [-0.2, 0) is 15.9 Å². The second-order valence-electron chi connectivity index (χ2n) is 10.8. The molecule has 0 bridgehead atoms. The summed E-state index contributed by atoms with van der Waals surface area (Å²) < 4.78 is 28.8. The summed E-state index contributed by atoms with van der Waals surface area (Å²) in [7, 11) is 0. The van der Waals surface area contributed by atoms with Crippen LogP contribution in [0.4, 0.5) is 20.6 Å². The molecule has 0 unspecified atom stereocenters. The van der Waals surface area contributed by atoms with Crippen molar-refractivity contribution < 1.29 is 23.5 Å². The number of likely N-dealkylation sites (tertiary alicyclic amines) is 1. The fourth-order valence-corrected chi connectivity index (χ4v) is 6.43. The number of aromatic nitrogens is 1. The lowest BCUT2D eigenvalue weighted by Crippen LogP contribution is -2.44. The molecule has 0 spiro atoms. The monoisotopic (exact) mass is 548 g/mol. The molecule has 1 saturated heterocycles. The molecule has 11 heteroatoms. The summed E-state index contributed by atoms with van der Waals surface area (Å²) in [6.45, 7) is 12.0. The van der Waals surface area contributed by atoms with Gasteiger partial charge in [-0.3, -0.25) is 4.79 Å². The molecule has 4 rings (SSSR count). The van der Waals surface area contributed by atoms with Gasteiger partial charge >= 0.3 is 12.1 Å². The highest BCUT2D eigenvalue weighted by molar-refractivity contribution is 7.99. The minimum absolute atomic E-state index is 0.0193. The number of pyridine rings is 1. The summed E-state index contributed by atoms with van der Waals surface area (Å²) in [5.74, 6) is -0.684. The highest BCUT2D eigenvalue weighted by Gasteiger charge is 2.35. The molecule has 1 fully saturated rings. The Bertz CT molecular complexity index is 1330. The van der Waals surface area contributed by atoms with Crippen LogP contribution in [0.3, 0.4) is 0 Å². The normalized spacial score (nSPS) is 18.0. The smallest absolute Gasteiger partial charge is 0.410 e. The van der Waals surface area contributed by atoms with Crippen molar-refractivity contribution in [2.24, 2.45) is 0 Å². The van der Waals surface area contributed by atoms with Crippen molar-refractivity contribution in [1.82, 2.24) is 9.47 Å². The zero-order valence-corrected chi connectivity index (χ0v) is 23.7. The number of carbonyl (C=O) groups is 2. The highest BCUT2D eigenvalue weighted by Crippen LogP contribution is 2.43. The van der Waals surface area contributed by atoms with E-state index >= 15 is 4.39 Å². The second-order valence-corrected chi connectivity index (χ2v) is 11.8. The van der Waals surface area contributed by atoms with E-state index < -0.39 is 22.8 Å². The number of halogens is 1. The summed E-state index contributed by atoms with van der Waals surface area (Å²) in [6.07, 6.45) is 1.24. The Morgan fingerprint density at radius 3 is 2.45 bits per heavy atom. The van der Waals surface area contributed by atoms with Gasteiger partial charge in [0.15, 0.2) is 5.82 Å². The van der Waals surface area contributed by atoms with Crippen LogP contribution in [0.1, 0.15) is 76.3 Å². The summed E-state index contributed by atoms with van der Waals surface area (Å²) in [5.41, 5.74) is 6.35. The van der Waals surface area contributed by atoms with Crippen molar-refractivity contribution in [1.29, 1.82) is 0 Å². The number of anilines is 2. The molecule has 38 heavy (non-hydrogen) atoms. The number of ether oxygens (including phenoxy) is 2. The SMILES string of the molecule is CCOC(=O)c1c2n(c3c(F)c(NC4CCN(C(=O)OC(C)(C)C)CC4)c(CC)c(N)c3c1=O)[C@H](C)CS2. The third-order valence-electron chi connectivity index (χ3n) is 6.92. The molecule has 208 valence electrons. The topological polar surface area (TPSA) is 116 Å². The largest absolute Gasteiger partial charge is 0.462 e. The van der Waals surface area contributed by atoms with Gasteiger partial charge in [-0.15, -0.1) is 11.8 Å². The van der Waals surface area contributed by atoms with Crippen molar-refractivity contribution in [3.63, 3.8) is 0 Å². The molecule has 1 aromatic heterocycles. The number of nitrogens with zero attached hydrogens (tertiary/aromatic N) is 2. The van der Waals surface area contributed by atoms with Crippen LogP contribution in [0.15, 0.2) is 9.82 Å². The molecule has 2 aliphatic heterocycles. The van der Waals surface area contributed by atoms with Gasteiger partial charge in [-0.25, -0.2) is 14.0 Å². The fourth-order valence-electron chi connectivity index (χ4n) is 5.15. The first kappa shape index (κ1) is 28.1. The molecule has 1 aromatic carbocycles. The van der Waals surface area contributed by atoms with Gasteiger partial charge in [0.1, 0.15) is 11.2 Å². The van der Waals surface area contributed by atoms with Gasteiger partial charge in [0.05, 0.1) is 33.9 Å². The van der Waals surface area contributed by atoms with E-state index in [0.29, 0.717) is 48.7 Å². The van der Waals surface area contributed by atoms with Gasteiger partial charge in [-0.1, -0.05) is 6.92 Å². The van der Waals surface area contributed by atoms with E-state index in [1.54, 1.807) is 16.4 Å². The Hall–Kier alpha value is -2.95. The van der Waals surface area contributed by atoms with Crippen molar-refractivity contribution in [2.45, 2.75) is 83.5 Å². The fraction of sp³-hybridized carbons (Fsp3) is 0.593. The first-order valence-electron chi connectivity index (χ1n) is 13.2. The minimum atomic E-state index is -0.721. The van der Waals surface area contributed by atoms with Crippen LogP contribution in [0.25, 0.3) is 10.9 Å². The van der Waals surface area contributed by atoms with E-state index in [1.165, 1.54) is 11.8 Å². The number of nitrogen functional groups attached to an aromatic ring is 1. The second kappa shape index (κ2) is 10.7. The quantitative estimate of drug-likeness (QED) is 0.399. The van der Waals surface area contributed by atoms with Crippen LogP contribution < -0.4 is 16.5 Å². The summed E-state index contributed by atoms with van der Waals surface area (Å²) in [4.78, 5) is 40.5. The van der Waals surface area contributed by atoms with Crippen LogP contribution in [0, 0.1) is 5.82 Å². The maximum atomic E-state index is 16.4. The number of piperidine rings is 1. The predicted octanol–water partition coefficient (Wildman–Crippen LogP) is 4.94. The van der Waals surface area contributed by atoms with E-state index in [4.69, 9.17) is 15.2 Å². The van der Waals surface area contributed by atoms with Gasteiger partial charge in [-0.2, -0.15) is 0 Å². The molecule has 9 nitrogen and oxygen atoms in total. The summed E-state index contributed by atoms with van der Waals surface area (Å²) in [5, 5.41) is 3.77. The van der Waals surface area contributed by atoms with Crippen molar-refractivity contribution in [2.75, 3.05) is 36.5 Å². The molecule has 0 saturated carbocycles. The van der Waals surface area contributed by atoms with Crippen molar-refractivity contribution >= 4 is 46.1 Å². The molecular formula is C27H37FN4O5S. The Kier molecular flexibility index (Phi) is 7.88. The molecule has 2 aliphatic rings. The number of nitrogens with two attached hydrogens (primary N) is 1. The van der Waals surface area contributed by atoms with Gasteiger partial charge in [0, 0.05) is 36.5 Å². The third-order valence-corrected chi connectivity index (χ3v) is 8.24. The molecule has 0 radical (unpaired) electrons. The number of benzene rings is 1. The van der Waals surface area contributed by atoms with E-state index in [1.807, 2.05) is 34.6 Å². The number of nitrogens with one attached hydrogen (secondary N) is 1. The highest BCUT2D eigenvalue weighted by atomic mass is 32.2. The average molecular weight is 549 g/mol. The van der Waals surface area contributed by atoms with Gasteiger partial charge in [0.2, 0.25) is 5.43 Å². The van der Waals surface area contributed by atoms with Gasteiger partial charge < -0.3 is 30.0 Å². The Balaban J connectivity index is 1.75. The molecule has 1 amide bonds. The lowest BCUT2D eigenvalue weighted by Gasteiger charge is -2.34. The minimum Gasteiger partial charge on any atom is -0.462 e. The number of thioether (sulfide) groups is 1. The maximum Gasteiger partial charge on any atom is 0.410 e. The average Bonchev–Trinajstić information content (AvgIpc) is 3.22. The summed E-state index contributed by atoms with van der Waals surface area (Å²) >= 11 is 1.34. The molecule has 0 aliphatic carbocycles. The number of rotatable bonds is 5. The van der Waals surface area contributed by atoms with Crippen LogP contribution in [0.5, 0.6) is 0 Å². The first-order valence-corrected chi connectivity index (χ1v) is 14.1. The van der Waals surface area contributed by atoms with Gasteiger partial charge in [-0.05, 0) is 53.9 Å². The lowest BCUT2D eigenvalue weighted by molar-refractivity contribution is 0.0210. The maximum absolute atomic E-state index is 16.4. The van der Waals surface area contributed by atoms with Crippen LogP contribution in [0.2, 0.25) is 0 Å². The zero-order chi connectivity index (χ0) is 27.9. The molecule has 3 heterocycles. The number of amides is 1. The molecular weight excluding hydrogens is 511 g/mol. The number of hydrogen-bond acceptors (Lipinski definition) is 8. The van der Waals surface area contributed by atoms with E-state index in [0.717, 1.165) is 0 Å². The standard InChI is InChI=1S/C27H37FN4O5S/c1-7-16-20(29)17-22(32-14(3)13-38-24(32)18(23(17)33)25(34)36-8-2)19(28)21(16)30-15-9-11-31(12-10-15)26(35)37-27(4,5)6/h14-15,30H,7-13,29H2,1-6H3/t14-/m1/s1. The third kappa shape index (κ3) is 5.04. The number of hydrogen-bond donors (Lipinski definition) is 2. The molecule has 3 N–H and O–H groups in total. The van der Waals surface area contributed by atoms with Gasteiger partial charge in [0.25, 0.3) is 0 Å². The molecule has 1 atom stereocenters.